The summed E-state index contributed by atoms with van der Waals surface area (Å²) in [5.41, 5.74) is -3.04. The first-order chi connectivity index (χ1) is 26.8. The monoisotopic (exact) mass is 818 g/mol. The van der Waals surface area contributed by atoms with Crippen LogP contribution in [0, 0.1) is 50.7 Å². The summed E-state index contributed by atoms with van der Waals surface area (Å²) < 4.78 is 34.5. The fourth-order valence-corrected chi connectivity index (χ4v) is 13.5. The quantitative estimate of drug-likeness (QED) is 0.181. The Morgan fingerprint density at radius 1 is 0.759 bits per heavy atom. The molecule has 0 aromatic carbocycles. The normalized spacial score (nSPS) is 46.7. The third-order valence-electron chi connectivity index (χ3n) is 16.6. The maximum absolute atomic E-state index is 15.2. The highest BCUT2D eigenvalue weighted by molar-refractivity contribution is 5.79. The number of aliphatic hydroxyl groups is 3. The summed E-state index contributed by atoms with van der Waals surface area (Å²) in [4.78, 5) is 64.5. The van der Waals surface area contributed by atoms with Gasteiger partial charge in [-0.3, -0.25) is 24.0 Å². The number of fused-ring (bicyclic) bond motifs is 7. The van der Waals surface area contributed by atoms with Gasteiger partial charge in [-0.1, -0.05) is 53.2 Å². The molecule has 16 atom stereocenters. The molecule has 3 N–H and O–H groups in total. The minimum Gasteiger partial charge on any atom is -0.463 e. The Kier molecular flexibility index (Phi) is 11.6. The van der Waals surface area contributed by atoms with Gasteiger partial charge in [0.15, 0.2) is 12.2 Å². The molecule has 0 aromatic heterocycles. The van der Waals surface area contributed by atoms with Crippen molar-refractivity contribution < 1.29 is 67.7 Å². The van der Waals surface area contributed by atoms with E-state index in [0.29, 0.717) is 38.5 Å². The maximum Gasteiger partial charge on any atom is 0.315 e. The molecule has 0 unspecified atom stereocenters. The number of carbonyl (C=O) groups is 5. The summed E-state index contributed by atoms with van der Waals surface area (Å²) in [5, 5.41) is 35.1. The molecule has 1 heterocycles. The summed E-state index contributed by atoms with van der Waals surface area (Å²) in [6.07, 6.45) is -2.07. The number of rotatable bonds is 7. The van der Waals surface area contributed by atoms with E-state index in [1.165, 1.54) is 6.92 Å². The van der Waals surface area contributed by atoms with Gasteiger partial charge >= 0.3 is 29.8 Å². The first-order valence-corrected chi connectivity index (χ1v) is 21.1. The van der Waals surface area contributed by atoms with Crippen molar-refractivity contribution in [2.75, 3.05) is 6.61 Å². The summed E-state index contributed by atoms with van der Waals surface area (Å²) >= 11 is 0. The molecule has 1 aliphatic heterocycles. The number of esters is 5. The van der Waals surface area contributed by atoms with Crippen LogP contribution in [0.2, 0.25) is 0 Å². The Bertz CT molecular complexity index is 1700. The minimum atomic E-state index is -1.69. The molecule has 5 fully saturated rings. The highest BCUT2D eigenvalue weighted by Crippen LogP contribution is 2.76. The largest absolute Gasteiger partial charge is 0.463 e. The van der Waals surface area contributed by atoms with Crippen molar-refractivity contribution in [1.29, 1.82) is 0 Å². The van der Waals surface area contributed by atoms with Gasteiger partial charge < -0.3 is 43.7 Å². The lowest BCUT2D eigenvalue weighted by Crippen LogP contribution is -2.69. The first kappa shape index (κ1) is 44.5. The van der Waals surface area contributed by atoms with Gasteiger partial charge in [-0.25, -0.2) is 0 Å². The molecule has 0 aromatic rings. The second kappa shape index (κ2) is 15.1. The van der Waals surface area contributed by atoms with E-state index in [1.807, 2.05) is 6.92 Å². The van der Waals surface area contributed by atoms with Crippen LogP contribution in [-0.2, 0) is 52.4 Å². The van der Waals surface area contributed by atoms with Crippen molar-refractivity contribution in [3.05, 3.63) is 11.6 Å². The molecule has 0 radical (unpaired) electrons. The molecule has 5 aliphatic carbocycles. The molecule has 0 amide bonds. The van der Waals surface area contributed by atoms with E-state index in [4.69, 9.17) is 28.4 Å². The predicted octanol–water partition coefficient (Wildman–Crippen LogP) is 4.72. The van der Waals surface area contributed by atoms with Gasteiger partial charge in [0, 0.05) is 33.6 Å². The van der Waals surface area contributed by atoms with Crippen LogP contribution < -0.4 is 0 Å². The molecular weight excluding hydrogens is 752 g/mol. The number of hydrogen-bond acceptors (Lipinski definition) is 14. The van der Waals surface area contributed by atoms with Crippen LogP contribution in [0.5, 0.6) is 0 Å². The van der Waals surface area contributed by atoms with Crippen molar-refractivity contribution in [1.82, 2.24) is 0 Å². The molecule has 58 heavy (non-hydrogen) atoms. The molecule has 14 nitrogen and oxygen atoms in total. The second-order valence-corrected chi connectivity index (χ2v) is 20.1. The van der Waals surface area contributed by atoms with Gasteiger partial charge in [-0.15, -0.1) is 0 Å². The lowest BCUT2D eigenvalue weighted by atomic mass is 9.33. The van der Waals surface area contributed by atoms with E-state index in [-0.39, 0.29) is 28.6 Å². The minimum absolute atomic E-state index is 0.164. The average Bonchev–Trinajstić information content (AvgIpc) is 3.10. The average molecular weight is 819 g/mol. The number of aliphatic hydroxyl groups excluding tert-OH is 2. The van der Waals surface area contributed by atoms with Crippen LogP contribution >= 0.6 is 0 Å². The van der Waals surface area contributed by atoms with Gasteiger partial charge in [0.25, 0.3) is 0 Å². The molecular formula is C44H66O14. The van der Waals surface area contributed by atoms with Crippen molar-refractivity contribution in [2.45, 2.75) is 176 Å². The van der Waals surface area contributed by atoms with Crippen molar-refractivity contribution in [2.24, 2.45) is 50.7 Å². The van der Waals surface area contributed by atoms with Crippen LogP contribution in [0.1, 0.15) is 128 Å². The second-order valence-electron chi connectivity index (χ2n) is 20.1. The molecule has 0 bridgehead atoms. The fourth-order valence-electron chi connectivity index (χ4n) is 13.5. The molecule has 6 aliphatic rings. The van der Waals surface area contributed by atoms with Gasteiger partial charge in [-0.05, 0) is 97.7 Å². The Labute approximate surface area is 342 Å². The van der Waals surface area contributed by atoms with Crippen LogP contribution in [0.25, 0.3) is 0 Å². The topological polar surface area (TPSA) is 201 Å². The number of allylic oxidation sites excluding steroid dienone is 1. The number of ether oxygens (including phenoxy) is 6. The molecule has 6 rings (SSSR count). The zero-order valence-corrected chi connectivity index (χ0v) is 36.1. The number of hydrogen-bond donors (Lipinski definition) is 3. The molecule has 1 saturated heterocycles. The Morgan fingerprint density at radius 3 is 1.97 bits per heavy atom. The van der Waals surface area contributed by atoms with Crippen molar-refractivity contribution >= 4 is 29.8 Å². The van der Waals surface area contributed by atoms with E-state index in [0.717, 1.165) is 39.2 Å². The molecule has 0 spiro atoms. The van der Waals surface area contributed by atoms with Crippen LogP contribution in [-0.4, -0.2) is 100 Å². The van der Waals surface area contributed by atoms with E-state index in [1.54, 1.807) is 6.92 Å². The van der Waals surface area contributed by atoms with Crippen molar-refractivity contribution in [3.63, 3.8) is 0 Å². The van der Waals surface area contributed by atoms with Crippen LogP contribution in [0.3, 0.4) is 0 Å². The Hall–Kier alpha value is -3.07. The molecule has 14 heteroatoms. The zero-order valence-electron chi connectivity index (χ0n) is 36.1. The Balaban J connectivity index is 1.41. The van der Waals surface area contributed by atoms with E-state index >= 15 is 4.79 Å². The van der Waals surface area contributed by atoms with E-state index in [2.05, 4.69) is 40.7 Å². The predicted molar refractivity (Wildman–Crippen MR) is 206 cm³/mol. The van der Waals surface area contributed by atoms with Gasteiger partial charge in [0.1, 0.15) is 12.7 Å². The van der Waals surface area contributed by atoms with Gasteiger partial charge in [0.05, 0.1) is 23.2 Å². The maximum atomic E-state index is 15.2. The summed E-state index contributed by atoms with van der Waals surface area (Å²) in [5.74, 6) is -4.24. The number of carbonyl (C=O) groups excluding carboxylic acids is 5. The summed E-state index contributed by atoms with van der Waals surface area (Å²) in [6, 6.07) is 0. The highest BCUT2D eigenvalue weighted by Gasteiger charge is 2.72. The zero-order chi connectivity index (χ0) is 43.1. The summed E-state index contributed by atoms with van der Waals surface area (Å²) in [7, 11) is 0. The van der Waals surface area contributed by atoms with Gasteiger partial charge in [-0.2, -0.15) is 0 Å². The van der Waals surface area contributed by atoms with E-state index in [9.17, 15) is 34.5 Å². The smallest absolute Gasteiger partial charge is 0.315 e. The van der Waals surface area contributed by atoms with Gasteiger partial charge in [0.2, 0.25) is 12.4 Å². The third-order valence-corrected chi connectivity index (χ3v) is 16.6. The third kappa shape index (κ3) is 6.89. The molecule has 326 valence electrons. The van der Waals surface area contributed by atoms with Crippen LogP contribution in [0.4, 0.5) is 0 Å². The van der Waals surface area contributed by atoms with Crippen LogP contribution in [0.15, 0.2) is 11.6 Å². The standard InChI is InChI=1S/C44H66O14/c1-22-14-17-44(38(51)58-37-34(56-26(5)48)33(55-25(4)47)32(54-24(3)46)29(57-37)21-53-23(2)45)19-18-41(9)27(35(44)43(22,11)52)12-13-31-40(8)20-28(49)36(50)39(6,7)30(40)15-16-42(31,41)10/h12,22,28-37,49-50,52H,13-21H2,1-11H3/t22-,28-,29-,30+,31-,32-,33+,34-,35-,36-,37+,40+,41-,42-,43-,44+/m1/s1. The fraction of sp³-hybridized carbons (Fsp3) is 0.841. The van der Waals surface area contributed by atoms with Crippen molar-refractivity contribution in [3.8, 4) is 0 Å². The lowest BCUT2D eigenvalue weighted by molar-refractivity contribution is -0.306. The Morgan fingerprint density at radius 2 is 1.36 bits per heavy atom. The molecule has 4 saturated carbocycles. The highest BCUT2D eigenvalue weighted by atomic mass is 16.7. The lowest BCUT2D eigenvalue weighted by Gasteiger charge is -2.72. The van der Waals surface area contributed by atoms with E-state index < -0.39 is 107 Å². The SMILES string of the molecule is CC(=O)OC[C@H]1O[C@@H](OC(=O)[C@]23CC[C@@H](C)[C@@](C)(O)[C@H]2C2=CC[C@@H]4[C@@]5(C)C[C@@H](O)[C@@H](O)C(C)(C)[C@@H]5CC[C@@]4(C)[C@]2(C)CC3)[C@H](OC(C)=O)[C@@H](OC(C)=O)[C@@H]1OC(C)=O. The first-order valence-electron chi connectivity index (χ1n) is 21.1. The summed E-state index contributed by atoms with van der Waals surface area (Å²) in [6.45, 7) is 18.9.